The minimum absolute atomic E-state index is 0.133. The number of allylic oxidation sites excluding steroid dienone is 1. The Morgan fingerprint density at radius 2 is 1.76 bits per heavy atom. The smallest absolute Gasteiger partial charge is 0.232 e. The molecule has 0 radical (unpaired) electrons. The number of fused-ring (bicyclic) bond motifs is 1. The highest BCUT2D eigenvalue weighted by Gasteiger charge is 2.38. The van der Waals surface area contributed by atoms with Crippen LogP contribution in [0.15, 0.2) is 73.0 Å². The van der Waals surface area contributed by atoms with Crippen LogP contribution in [0.1, 0.15) is 22.6 Å². The van der Waals surface area contributed by atoms with E-state index in [-0.39, 0.29) is 12.5 Å². The SMILES string of the molecule is C=CCN(C1=C(OC)C(c2ccccc2)c2ccccc21)S(C)(=O)=O. The Bertz CT molecular complexity index is 917. The highest BCUT2D eigenvalue weighted by atomic mass is 32.2. The summed E-state index contributed by atoms with van der Waals surface area (Å²) in [5.41, 5.74) is 3.57. The van der Waals surface area contributed by atoms with Crippen LogP contribution < -0.4 is 0 Å². The van der Waals surface area contributed by atoms with Crippen LogP contribution in [0.25, 0.3) is 5.70 Å². The molecule has 2 aromatic rings. The molecule has 25 heavy (non-hydrogen) atoms. The normalized spacial score (nSPS) is 16.5. The van der Waals surface area contributed by atoms with Crippen LogP contribution >= 0.6 is 0 Å². The van der Waals surface area contributed by atoms with Gasteiger partial charge in [0.05, 0.1) is 31.5 Å². The molecule has 0 aromatic heterocycles. The first-order valence-electron chi connectivity index (χ1n) is 8.00. The first kappa shape index (κ1) is 17.3. The monoisotopic (exact) mass is 355 g/mol. The lowest BCUT2D eigenvalue weighted by Crippen LogP contribution is -2.29. The number of hydrogen-bond acceptors (Lipinski definition) is 3. The summed E-state index contributed by atoms with van der Waals surface area (Å²) in [7, 11) is -1.89. The number of methoxy groups -OCH3 is 1. The molecule has 1 aliphatic carbocycles. The molecule has 4 nitrogen and oxygen atoms in total. The Morgan fingerprint density at radius 3 is 2.36 bits per heavy atom. The summed E-state index contributed by atoms with van der Waals surface area (Å²) in [4.78, 5) is 0. The van der Waals surface area contributed by atoms with Crippen molar-refractivity contribution in [2.45, 2.75) is 5.92 Å². The first-order chi connectivity index (χ1) is 12.0. The molecule has 0 aliphatic heterocycles. The van der Waals surface area contributed by atoms with Gasteiger partial charge in [-0.3, -0.25) is 4.31 Å². The van der Waals surface area contributed by atoms with E-state index in [0.29, 0.717) is 11.5 Å². The molecule has 130 valence electrons. The van der Waals surface area contributed by atoms with E-state index in [4.69, 9.17) is 4.74 Å². The van der Waals surface area contributed by atoms with Crippen LogP contribution in [0.4, 0.5) is 0 Å². The molecule has 2 aromatic carbocycles. The second-order valence-corrected chi connectivity index (χ2v) is 7.84. The molecular weight excluding hydrogens is 334 g/mol. The second kappa shape index (κ2) is 6.76. The van der Waals surface area contributed by atoms with Crippen molar-refractivity contribution in [3.63, 3.8) is 0 Å². The molecule has 0 spiro atoms. The van der Waals surface area contributed by atoms with E-state index in [1.165, 1.54) is 10.6 Å². The molecule has 3 rings (SSSR count). The van der Waals surface area contributed by atoms with E-state index in [0.717, 1.165) is 16.7 Å². The van der Waals surface area contributed by atoms with E-state index in [9.17, 15) is 8.42 Å². The van der Waals surface area contributed by atoms with Gasteiger partial charge < -0.3 is 4.74 Å². The van der Waals surface area contributed by atoms with Gasteiger partial charge in [-0.1, -0.05) is 60.7 Å². The van der Waals surface area contributed by atoms with E-state index in [1.54, 1.807) is 13.2 Å². The molecule has 0 heterocycles. The van der Waals surface area contributed by atoms with Gasteiger partial charge in [0.25, 0.3) is 0 Å². The van der Waals surface area contributed by atoms with Gasteiger partial charge in [-0.15, -0.1) is 6.58 Å². The molecule has 0 bridgehead atoms. The van der Waals surface area contributed by atoms with Gasteiger partial charge in [-0.05, 0) is 11.1 Å². The summed E-state index contributed by atoms with van der Waals surface area (Å²) >= 11 is 0. The lowest BCUT2D eigenvalue weighted by molar-refractivity contribution is 0.273. The highest BCUT2D eigenvalue weighted by molar-refractivity contribution is 7.88. The third kappa shape index (κ3) is 3.07. The molecule has 0 saturated heterocycles. The van der Waals surface area contributed by atoms with Crippen molar-refractivity contribution < 1.29 is 13.2 Å². The zero-order valence-corrected chi connectivity index (χ0v) is 15.2. The number of rotatable bonds is 6. The van der Waals surface area contributed by atoms with Crippen molar-refractivity contribution in [3.05, 3.63) is 89.7 Å². The van der Waals surface area contributed by atoms with Crippen molar-refractivity contribution in [3.8, 4) is 0 Å². The van der Waals surface area contributed by atoms with Crippen LogP contribution in [0.3, 0.4) is 0 Å². The maximum Gasteiger partial charge on any atom is 0.232 e. The zero-order valence-electron chi connectivity index (χ0n) is 14.3. The van der Waals surface area contributed by atoms with Gasteiger partial charge in [-0.2, -0.15) is 0 Å². The Labute approximate surface area is 149 Å². The predicted molar refractivity (Wildman–Crippen MR) is 100 cm³/mol. The Balaban J connectivity index is 2.28. The lowest BCUT2D eigenvalue weighted by Gasteiger charge is -2.24. The number of sulfonamides is 1. The standard InChI is InChI=1S/C20H21NO3S/c1-4-14-21(25(3,22)23)19-17-13-9-8-12-16(17)18(20(19)24-2)15-10-6-5-7-11-15/h4-13,18H,1,14H2,2-3H3. The first-order valence-corrected chi connectivity index (χ1v) is 9.85. The fraction of sp³-hybridized carbons (Fsp3) is 0.200. The van der Waals surface area contributed by atoms with Gasteiger partial charge in [0.15, 0.2) is 0 Å². The third-order valence-electron chi connectivity index (χ3n) is 4.32. The molecular formula is C20H21NO3S. The maximum absolute atomic E-state index is 12.4. The Morgan fingerprint density at radius 1 is 1.12 bits per heavy atom. The summed E-state index contributed by atoms with van der Waals surface area (Å²) in [6.07, 6.45) is 2.79. The maximum atomic E-state index is 12.4. The predicted octanol–water partition coefficient (Wildman–Crippen LogP) is 3.59. The Hall–Kier alpha value is -2.53. The van der Waals surface area contributed by atoms with Crippen molar-refractivity contribution in [1.82, 2.24) is 4.31 Å². The van der Waals surface area contributed by atoms with Gasteiger partial charge >= 0.3 is 0 Å². The zero-order chi connectivity index (χ0) is 18.0. The van der Waals surface area contributed by atoms with Crippen molar-refractivity contribution in [2.24, 2.45) is 0 Å². The van der Waals surface area contributed by atoms with E-state index in [1.807, 2.05) is 54.6 Å². The van der Waals surface area contributed by atoms with Crippen molar-refractivity contribution in [2.75, 3.05) is 19.9 Å². The quantitative estimate of drug-likeness (QED) is 0.744. The van der Waals surface area contributed by atoms with Crippen molar-refractivity contribution >= 4 is 15.7 Å². The van der Waals surface area contributed by atoms with E-state index >= 15 is 0 Å². The summed E-state index contributed by atoms with van der Waals surface area (Å²) in [5, 5.41) is 0. The summed E-state index contributed by atoms with van der Waals surface area (Å²) in [5.74, 6) is 0.506. The number of benzene rings is 2. The Kier molecular flexibility index (Phi) is 4.68. The fourth-order valence-corrected chi connectivity index (χ4v) is 4.23. The summed E-state index contributed by atoms with van der Waals surface area (Å²) in [6, 6.07) is 17.8. The molecule has 5 heteroatoms. The average Bonchev–Trinajstić information content (AvgIpc) is 2.93. The molecule has 1 atom stereocenters. The fourth-order valence-electron chi connectivity index (χ4n) is 3.33. The molecule has 0 saturated carbocycles. The largest absolute Gasteiger partial charge is 0.498 e. The van der Waals surface area contributed by atoms with Crippen LogP contribution in [0, 0.1) is 0 Å². The topological polar surface area (TPSA) is 46.6 Å². The van der Waals surface area contributed by atoms with Crippen LogP contribution in [-0.4, -0.2) is 32.6 Å². The van der Waals surface area contributed by atoms with E-state index < -0.39 is 10.0 Å². The van der Waals surface area contributed by atoms with Crippen LogP contribution in [0.5, 0.6) is 0 Å². The van der Waals surface area contributed by atoms with Crippen LogP contribution in [-0.2, 0) is 14.8 Å². The minimum atomic E-state index is -3.48. The highest BCUT2D eigenvalue weighted by Crippen LogP contribution is 2.47. The lowest BCUT2D eigenvalue weighted by atomic mass is 9.92. The average molecular weight is 355 g/mol. The summed E-state index contributed by atoms with van der Waals surface area (Å²) in [6.45, 7) is 3.89. The van der Waals surface area contributed by atoms with Crippen molar-refractivity contribution in [1.29, 1.82) is 0 Å². The minimum Gasteiger partial charge on any atom is -0.498 e. The number of ether oxygens (including phenoxy) is 1. The second-order valence-electron chi connectivity index (χ2n) is 5.93. The number of nitrogens with zero attached hydrogens (tertiary/aromatic N) is 1. The third-order valence-corrected chi connectivity index (χ3v) is 5.45. The molecule has 1 aliphatic rings. The molecule has 1 unspecified atom stereocenters. The summed E-state index contributed by atoms with van der Waals surface area (Å²) < 4.78 is 31.9. The van der Waals surface area contributed by atoms with Gasteiger partial charge in [0, 0.05) is 5.56 Å². The van der Waals surface area contributed by atoms with Gasteiger partial charge in [-0.25, -0.2) is 8.42 Å². The van der Waals surface area contributed by atoms with Gasteiger partial charge in [0.1, 0.15) is 5.76 Å². The van der Waals surface area contributed by atoms with Crippen LogP contribution in [0.2, 0.25) is 0 Å². The number of hydrogen-bond donors (Lipinski definition) is 0. The van der Waals surface area contributed by atoms with E-state index in [2.05, 4.69) is 6.58 Å². The molecule has 0 amide bonds. The molecule has 0 fully saturated rings. The molecule has 0 N–H and O–H groups in total. The van der Waals surface area contributed by atoms with Gasteiger partial charge in [0.2, 0.25) is 10.0 Å².